The van der Waals surface area contributed by atoms with E-state index in [-0.39, 0.29) is 29.6 Å². The van der Waals surface area contributed by atoms with Crippen LogP contribution in [0, 0.1) is 0 Å². The second-order valence-corrected chi connectivity index (χ2v) is 5.45. The maximum absolute atomic E-state index is 12.4. The lowest BCUT2D eigenvalue weighted by Gasteiger charge is -2.12. The summed E-state index contributed by atoms with van der Waals surface area (Å²) in [6.45, 7) is 0.469. The second-order valence-electron chi connectivity index (χ2n) is 5.45. The molecular formula is C16H18ClN3O2. The number of carbonyl (C=O) groups is 1. The van der Waals surface area contributed by atoms with Crippen molar-refractivity contribution in [2.75, 3.05) is 5.32 Å². The molecule has 0 radical (unpaired) electrons. The molecule has 1 aromatic heterocycles. The third kappa shape index (κ3) is 3.37. The molecule has 2 aromatic rings. The van der Waals surface area contributed by atoms with Gasteiger partial charge in [-0.1, -0.05) is 30.3 Å². The zero-order valence-corrected chi connectivity index (χ0v) is 12.8. The van der Waals surface area contributed by atoms with Crippen molar-refractivity contribution in [1.29, 1.82) is 0 Å². The number of nitrogens with two attached hydrogens (primary N) is 1. The van der Waals surface area contributed by atoms with Crippen LogP contribution in [0.4, 0.5) is 5.69 Å². The monoisotopic (exact) mass is 319 g/mol. The van der Waals surface area contributed by atoms with Crippen molar-refractivity contribution in [1.82, 2.24) is 4.57 Å². The minimum absolute atomic E-state index is 0. The summed E-state index contributed by atoms with van der Waals surface area (Å²) in [4.78, 5) is 24.3. The molecule has 1 aromatic carbocycles. The number of nitrogens with zero attached hydrogens (tertiary/aromatic N) is 1. The summed E-state index contributed by atoms with van der Waals surface area (Å²) in [5.74, 6) is -0.280. The highest BCUT2D eigenvalue weighted by atomic mass is 35.5. The minimum Gasteiger partial charge on any atom is -0.320 e. The number of benzene rings is 1. The lowest BCUT2D eigenvalue weighted by molar-refractivity contribution is -0.118. The minimum atomic E-state index is -0.785. The average molecular weight is 320 g/mol. The van der Waals surface area contributed by atoms with Crippen LogP contribution in [0.3, 0.4) is 0 Å². The number of aromatic nitrogens is 1. The Hall–Kier alpha value is -2.11. The van der Waals surface area contributed by atoms with Crippen molar-refractivity contribution < 1.29 is 4.79 Å². The zero-order valence-electron chi connectivity index (χ0n) is 12.0. The van der Waals surface area contributed by atoms with E-state index in [2.05, 4.69) is 5.32 Å². The first-order valence-electron chi connectivity index (χ1n) is 6.92. The molecule has 1 saturated carbocycles. The highest BCUT2D eigenvalue weighted by Gasteiger charge is 2.46. The van der Waals surface area contributed by atoms with Gasteiger partial charge in [-0.3, -0.25) is 9.59 Å². The fourth-order valence-corrected chi connectivity index (χ4v) is 2.15. The van der Waals surface area contributed by atoms with Crippen LogP contribution in [0.5, 0.6) is 0 Å². The number of amides is 1. The molecular weight excluding hydrogens is 302 g/mol. The third-order valence-electron chi connectivity index (χ3n) is 3.70. The molecule has 0 saturated heterocycles. The van der Waals surface area contributed by atoms with Crippen LogP contribution in [0.25, 0.3) is 0 Å². The van der Waals surface area contributed by atoms with E-state index in [1.54, 1.807) is 22.9 Å². The Morgan fingerprint density at radius 1 is 1.18 bits per heavy atom. The van der Waals surface area contributed by atoms with Crippen molar-refractivity contribution in [2.45, 2.75) is 24.9 Å². The summed E-state index contributed by atoms with van der Waals surface area (Å²) in [6, 6.07) is 13.0. The van der Waals surface area contributed by atoms with Gasteiger partial charge in [0.15, 0.2) is 0 Å². The molecule has 0 atom stereocenters. The fourth-order valence-electron chi connectivity index (χ4n) is 2.15. The summed E-state index contributed by atoms with van der Waals surface area (Å²) in [7, 11) is 0. The number of rotatable bonds is 4. The molecule has 0 unspecified atom stereocenters. The molecule has 1 aliphatic rings. The molecule has 0 spiro atoms. The van der Waals surface area contributed by atoms with Crippen molar-refractivity contribution in [2.24, 2.45) is 5.73 Å². The molecule has 5 nitrogen and oxygen atoms in total. The Bertz CT molecular complexity index is 724. The maximum Gasteiger partial charge on any atom is 0.274 e. The molecule has 6 heteroatoms. The standard InChI is InChI=1S/C16H17N3O2.ClH/c17-16(8-9-16)15(21)18-13-7-4-10-19(14(13)20)11-12-5-2-1-3-6-12;/h1-7,10H,8-9,11,17H2,(H,18,21);1H. The fraction of sp³-hybridized carbons (Fsp3) is 0.250. The first kappa shape index (κ1) is 16.3. The van der Waals surface area contributed by atoms with Crippen LogP contribution < -0.4 is 16.6 Å². The number of hydrogen-bond acceptors (Lipinski definition) is 3. The Labute approximate surface area is 134 Å². The van der Waals surface area contributed by atoms with Crippen molar-refractivity contribution in [3.8, 4) is 0 Å². The number of halogens is 1. The van der Waals surface area contributed by atoms with Crippen LogP contribution in [-0.4, -0.2) is 16.0 Å². The molecule has 22 heavy (non-hydrogen) atoms. The summed E-state index contributed by atoms with van der Waals surface area (Å²) < 4.78 is 1.57. The highest BCUT2D eigenvalue weighted by Crippen LogP contribution is 2.32. The van der Waals surface area contributed by atoms with E-state index in [0.29, 0.717) is 19.4 Å². The number of hydrogen-bond donors (Lipinski definition) is 2. The Morgan fingerprint density at radius 2 is 1.86 bits per heavy atom. The number of anilines is 1. The average Bonchev–Trinajstić information content (AvgIpc) is 3.24. The van der Waals surface area contributed by atoms with Gasteiger partial charge in [0.1, 0.15) is 5.69 Å². The predicted molar refractivity (Wildman–Crippen MR) is 88.3 cm³/mol. The van der Waals surface area contributed by atoms with Gasteiger partial charge in [0.25, 0.3) is 5.56 Å². The quantitative estimate of drug-likeness (QED) is 0.901. The predicted octanol–water partition coefficient (Wildman–Crippen LogP) is 1.75. The molecule has 1 amide bonds. The summed E-state index contributed by atoms with van der Waals surface area (Å²) in [5, 5.41) is 2.64. The number of carbonyl (C=O) groups excluding carboxylic acids is 1. The highest BCUT2D eigenvalue weighted by molar-refractivity contribution is 5.99. The zero-order chi connectivity index (χ0) is 14.9. The van der Waals surface area contributed by atoms with E-state index >= 15 is 0 Å². The first-order chi connectivity index (χ1) is 10.1. The number of nitrogens with one attached hydrogen (secondary N) is 1. The summed E-state index contributed by atoms with van der Waals surface area (Å²) in [6.07, 6.45) is 3.05. The van der Waals surface area contributed by atoms with Crippen LogP contribution in [-0.2, 0) is 11.3 Å². The second kappa shape index (κ2) is 6.34. The van der Waals surface area contributed by atoms with E-state index in [0.717, 1.165) is 5.56 Å². The smallest absolute Gasteiger partial charge is 0.274 e. The van der Waals surface area contributed by atoms with Gasteiger partial charge in [-0.15, -0.1) is 12.4 Å². The van der Waals surface area contributed by atoms with Crippen LogP contribution in [0.15, 0.2) is 53.5 Å². The van der Waals surface area contributed by atoms with Gasteiger partial charge in [0.05, 0.1) is 12.1 Å². The van der Waals surface area contributed by atoms with Crippen LogP contribution >= 0.6 is 12.4 Å². The van der Waals surface area contributed by atoms with Gasteiger partial charge >= 0.3 is 0 Å². The lowest BCUT2D eigenvalue weighted by atomic mass is 10.2. The molecule has 1 aliphatic carbocycles. The van der Waals surface area contributed by atoms with Gasteiger partial charge in [-0.25, -0.2) is 0 Å². The Balaban J connectivity index is 0.00000176. The molecule has 116 valence electrons. The molecule has 3 N–H and O–H groups in total. The van der Waals surface area contributed by atoms with Gasteiger partial charge in [0.2, 0.25) is 5.91 Å². The Morgan fingerprint density at radius 3 is 2.50 bits per heavy atom. The van der Waals surface area contributed by atoms with Crippen molar-refractivity contribution in [3.63, 3.8) is 0 Å². The Kier molecular flexibility index (Phi) is 4.68. The van der Waals surface area contributed by atoms with Gasteiger partial charge < -0.3 is 15.6 Å². The first-order valence-corrected chi connectivity index (χ1v) is 6.92. The molecule has 0 aliphatic heterocycles. The maximum atomic E-state index is 12.4. The third-order valence-corrected chi connectivity index (χ3v) is 3.70. The van der Waals surface area contributed by atoms with E-state index < -0.39 is 5.54 Å². The van der Waals surface area contributed by atoms with E-state index in [1.807, 2.05) is 30.3 Å². The van der Waals surface area contributed by atoms with Gasteiger partial charge in [-0.2, -0.15) is 0 Å². The summed E-state index contributed by atoms with van der Waals surface area (Å²) >= 11 is 0. The molecule has 3 rings (SSSR count). The van der Waals surface area contributed by atoms with Gasteiger partial charge in [-0.05, 0) is 30.5 Å². The number of pyridine rings is 1. The topological polar surface area (TPSA) is 77.1 Å². The van der Waals surface area contributed by atoms with Crippen molar-refractivity contribution >= 4 is 24.0 Å². The van der Waals surface area contributed by atoms with Gasteiger partial charge in [0, 0.05) is 6.20 Å². The largest absolute Gasteiger partial charge is 0.320 e. The normalized spacial score (nSPS) is 14.8. The summed E-state index contributed by atoms with van der Waals surface area (Å²) in [5.41, 5.74) is 6.12. The molecule has 1 heterocycles. The van der Waals surface area contributed by atoms with E-state index in [1.165, 1.54) is 0 Å². The van der Waals surface area contributed by atoms with Crippen LogP contribution in [0.2, 0.25) is 0 Å². The van der Waals surface area contributed by atoms with E-state index in [4.69, 9.17) is 5.73 Å². The van der Waals surface area contributed by atoms with Crippen molar-refractivity contribution in [3.05, 3.63) is 64.6 Å². The molecule has 1 fully saturated rings. The SMILES string of the molecule is Cl.NC1(C(=O)Nc2cccn(Cc3ccccc3)c2=O)CC1. The molecule has 0 bridgehead atoms. The lowest BCUT2D eigenvalue weighted by Crippen LogP contribution is -2.39. The van der Waals surface area contributed by atoms with Crippen LogP contribution in [0.1, 0.15) is 18.4 Å². The van der Waals surface area contributed by atoms with E-state index in [9.17, 15) is 9.59 Å².